The normalized spacial score (nSPS) is 29.6. The molecule has 0 spiro atoms. The topological polar surface area (TPSA) is 32.3 Å². The van der Waals surface area contributed by atoms with Crippen molar-refractivity contribution in [3.05, 3.63) is 0 Å². The Hall–Kier alpha value is -0.520. The zero-order chi connectivity index (χ0) is 8.10. The number of hydrogen-bond acceptors (Lipinski definition) is 2. The summed E-state index contributed by atoms with van der Waals surface area (Å²) in [5, 5.41) is 12.6. The monoisotopic (exact) mass is 153 g/mol. The van der Waals surface area contributed by atoms with Crippen molar-refractivity contribution in [3.8, 4) is 11.8 Å². The van der Waals surface area contributed by atoms with Crippen LogP contribution in [0.15, 0.2) is 0 Å². The molecule has 0 unspecified atom stereocenters. The van der Waals surface area contributed by atoms with Crippen LogP contribution in [0.3, 0.4) is 0 Å². The van der Waals surface area contributed by atoms with E-state index in [0.717, 1.165) is 19.3 Å². The zero-order valence-corrected chi connectivity index (χ0v) is 6.93. The van der Waals surface area contributed by atoms with Crippen LogP contribution in [0.1, 0.15) is 26.2 Å². The minimum absolute atomic E-state index is 0.145. The summed E-state index contributed by atoms with van der Waals surface area (Å²) in [4.78, 5) is 0. The average Bonchev–Trinajstić information content (AvgIpc) is 2.37. The van der Waals surface area contributed by atoms with E-state index < -0.39 is 0 Å². The van der Waals surface area contributed by atoms with Crippen LogP contribution in [-0.4, -0.2) is 23.8 Å². The van der Waals surface area contributed by atoms with Gasteiger partial charge >= 0.3 is 0 Å². The predicted octanol–water partition coefficient (Wildman–Crippen LogP) is 0.513. The molecule has 0 bridgehead atoms. The standard InChI is InChI=1S/C9H15NO/c1-2-3-7-10-8-5-4-6-9(8)11/h8-11H,4-7H2,1H3/t8-,9-/m0/s1. The highest BCUT2D eigenvalue weighted by molar-refractivity contribution is 4.98. The molecule has 0 heterocycles. The van der Waals surface area contributed by atoms with E-state index in [1.54, 1.807) is 0 Å². The molecule has 0 amide bonds. The average molecular weight is 153 g/mol. The molecule has 1 aliphatic carbocycles. The molecular weight excluding hydrogens is 138 g/mol. The molecule has 2 atom stereocenters. The number of aliphatic hydroxyl groups is 1. The van der Waals surface area contributed by atoms with E-state index in [4.69, 9.17) is 0 Å². The first kappa shape index (κ1) is 8.58. The Labute approximate surface area is 68.0 Å². The Morgan fingerprint density at radius 2 is 2.36 bits per heavy atom. The maximum absolute atomic E-state index is 9.38. The van der Waals surface area contributed by atoms with Gasteiger partial charge in [-0.1, -0.05) is 5.92 Å². The van der Waals surface area contributed by atoms with Gasteiger partial charge in [0.05, 0.1) is 12.6 Å². The van der Waals surface area contributed by atoms with Crippen LogP contribution in [-0.2, 0) is 0 Å². The van der Waals surface area contributed by atoms with Crippen molar-refractivity contribution < 1.29 is 5.11 Å². The third-order valence-electron chi connectivity index (χ3n) is 2.11. The number of rotatable bonds is 2. The van der Waals surface area contributed by atoms with Gasteiger partial charge in [-0.15, -0.1) is 5.92 Å². The van der Waals surface area contributed by atoms with Gasteiger partial charge in [0.15, 0.2) is 0 Å². The number of aliphatic hydroxyl groups excluding tert-OH is 1. The fraction of sp³-hybridized carbons (Fsp3) is 0.778. The van der Waals surface area contributed by atoms with Gasteiger partial charge in [-0.05, 0) is 26.2 Å². The van der Waals surface area contributed by atoms with Gasteiger partial charge in [-0.25, -0.2) is 0 Å². The minimum atomic E-state index is -0.145. The molecule has 0 aromatic heterocycles. The zero-order valence-electron chi connectivity index (χ0n) is 6.93. The predicted molar refractivity (Wildman–Crippen MR) is 45.1 cm³/mol. The fourth-order valence-electron chi connectivity index (χ4n) is 1.45. The van der Waals surface area contributed by atoms with Crippen molar-refractivity contribution in [2.75, 3.05) is 6.54 Å². The van der Waals surface area contributed by atoms with Crippen molar-refractivity contribution >= 4 is 0 Å². The molecule has 0 aliphatic heterocycles. The Morgan fingerprint density at radius 1 is 1.55 bits per heavy atom. The fourth-order valence-corrected chi connectivity index (χ4v) is 1.45. The molecular formula is C9H15NO. The molecule has 0 aromatic rings. The summed E-state index contributed by atoms with van der Waals surface area (Å²) < 4.78 is 0. The molecule has 0 saturated heterocycles. The second-order valence-corrected chi connectivity index (χ2v) is 2.91. The summed E-state index contributed by atoms with van der Waals surface area (Å²) in [6.07, 6.45) is 3.02. The maximum atomic E-state index is 9.38. The van der Waals surface area contributed by atoms with E-state index >= 15 is 0 Å². The van der Waals surface area contributed by atoms with Gasteiger partial charge in [0.1, 0.15) is 0 Å². The molecule has 2 N–H and O–H groups in total. The van der Waals surface area contributed by atoms with Crippen molar-refractivity contribution in [2.45, 2.75) is 38.3 Å². The molecule has 1 rings (SSSR count). The quantitative estimate of drug-likeness (QED) is 0.567. The van der Waals surface area contributed by atoms with E-state index in [1.807, 2.05) is 6.92 Å². The lowest BCUT2D eigenvalue weighted by Crippen LogP contribution is -2.35. The van der Waals surface area contributed by atoms with Crippen LogP contribution in [0.2, 0.25) is 0 Å². The molecule has 0 radical (unpaired) electrons. The third kappa shape index (κ3) is 2.53. The Morgan fingerprint density at radius 3 is 2.91 bits per heavy atom. The summed E-state index contributed by atoms with van der Waals surface area (Å²) in [6, 6.07) is 0.288. The maximum Gasteiger partial charge on any atom is 0.0693 e. The second-order valence-electron chi connectivity index (χ2n) is 2.91. The Kier molecular flexibility index (Phi) is 3.41. The van der Waals surface area contributed by atoms with Gasteiger partial charge in [-0.2, -0.15) is 0 Å². The highest BCUT2D eigenvalue weighted by Crippen LogP contribution is 2.18. The number of nitrogens with one attached hydrogen (secondary N) is 1. The van der Waals surface area contributed by atoms with Gasteiger partial charge < -0.3 is 10.4 Å². The molecule has 1 aliphatic rings. The van der Waals surface area contributed by atoms with E-state index in [-0.39, 0.29) is 12.1 Å². The third-order valence-corrected chi connectivity index (χ3v) is 2.11. The van der Waals surface area contributed by atoms with Crippen LogP contribution in [0, 0.1) is 11.8 Å². The molecule has 62 valence electrons. The molecule has 11 heavy (non-hydrogen) atoms. The lowest BCUT2D eigenvalue weighted by molar-refractivity contribution is 0.151. The highest BCUT2D eigenvalue weighted by atomic mass is 16.3. The van der Waals surface area contributed by atoms with Crippen LogP contribution in [0.4, 0.5) is 0 Å². The number of hydrogen-bond donors (Lipinski definition) is 2. The van der Waals surface area contributed by atoms with Gasteiger partial charge in [0.25, 0.3) is 0 Å². The highest BCUT2D eigenvalue weighted by Gasteiger charge is 2.23. The van der Waals surface area contributed by atoms with Crippen molar-refractivity contribution in [2.24, 2.45) is 0 Å². The smallest absolute Gasteiger partial charge is 0.0693 e. The van der Waals surface area contributed by atoms with Crippen LogP contribution < -0.4 is 5.32 Å². The molecule has 1 saturated carbocycles. The summed E-state index contributed by atoms with van der Waals surface area (Å²) >= 11 is 0. The summed E-state index contributed by atoms with van der Waals surface area (Å²) in [7, 11) is 0. The first-order chi connectivity index (χ1) is 5.34. The van der Waals surface area contributed by atoms with Crippen LogP contribution in [0.25, 0.3) is 0 Å². The van der Waals surface area contributed by atoms with E-state index in [0.29, 0.717) is 6.54 Å². The van der Waals surface area contributed by atoms with E-state index in [2.05, 4.69) is 17.2 Å². The molecule has 0 aromatic carbocycles. The van der Waals surface area contributed by atoms with Gasteiger partial charge in [0.2, 0.25) is 0 Å². The summed E-state index contributed by atoms with van der Waals surface area (Å²) in [5.74, 6) is 5.74. The van der Waals surface area contributed by atoms with Gasteiger partial charge in [0, 0.05) is 6.04 Å². The first-order valence-corrected chi connectivity index (χ1v) is 4.15. The summed E-state index contributed by atoms with van der Waals surface area (Å²) in [5.41, 5.74) is 0. The first-order valence-electron chi connectivity index (χ1n) is 4.15. The largest absolute Gasteiger partial charge is 0.392 e. The SMILES string of the molecule is CC#CCN[C@H]1CCC[C@@H]1O. The second kappa shape index (κ2) is 4.38. The van der Waals surface area contributed by atoms with E-state index in [1.165, 1.54) is 0 Å². The van der Waals surface area contributed by atoms with Crippen LogP contribution >= 0.6 is 0 Å². The summed E-state index contributed by atoms with van der Waals surface area (Å²) in [6.45, 7) is 2.53. The lowest BCUT2D eigenvalue weighted by Gasteiger charge is -2.13. The van der Waals surface area contributed by atoms with Crippen molar-refractivity contribution in [1.82, 2.24) is 5.32 Å². The van der Waals surface area contributed by atoms with Crippen molar-refractivity contribution in [1.29, 1.82) is 0 Å². The molecule has 1 fully saturated rings. The minimum Gasteiger partial charge on any atom is -0.392 e. The van der Waals surface area contributed by atoms with Crippen LogP contribution in [0.5, 0.6) is 0 Å². The Balaban J connectivity index is 2.18. The van der Waals surface area contributed by atoms with E-state index in [9.17, 15) is 5.11 Å². The Bertz CT molecular complexity index is 168. The van der Waals surface area contributed by atoms with Crippen molar-refractivity contribution in [3.63, 3.8) is 0 Å². The van der Waals surface area contributed by atoms with Gasteiger partial charge in [-0.3, -0.25) is 0 Å². The lowest BCUT2D eigenvalue weighted by atomic mass is 10.2. The molecule has 2 nitrogen and oxygen atoms in total. The molecule has 2 heteroatoms.